The van der Waals surface area contributed by atoms with E-state index in [0.29, 0.717) is 31.0 Å². The van der Waals surface area contributed by atoms with Gasteiger partial charge in [0, 0.05) is 55.0 Å². The molecule has 3 amide bonds. The van der Waals surface area contributed by atoms with Crippen LogP contribution >= 0.6 is 11.6 Å². The van der Waals surface area contributed by atoms with E-state index in [1.54, 1.807) is 21.9 Å². The molecule has 3 rings (SSSR count). The molecule has 2 aliphatic rings. The van der Waals surface area contributed by atoms with Crippen molar-refractivity contribution in [2.75, 3.05) is 13.1 Å². The number of carbonyl (C=O) groups excluding carboxylic acids is 3. The van der Waals surface area contributed by atoms with E-state index in [2.05, 4.69) is 5.32 Å². The topological polar surface area (TPSA) is 90.0 Å². The molecular weight excluding hydrogens is 442 g/mol. The van der Waals surface area contributed by atoms with E-state index in [1.165, 1.54) is 6.92 Å². The Labute approximate surface area is 201 Å². The minimum Gasteiger partial charge on any atom is -0.384 e. The Kier molecular flexibility index (Phi) is 7.74. The van der Waals surface area contributed by atoms with Crippen LogP contribution in [0.3, 0.4) is 0 Å². The van der Waals surface area contributed by atoms with Crippen LogP contribution in [0.1, 0.15) is 65.4 Å². The lowest BCUT2D eigenvalue weighted by molar-refractivity contribution is -0.154. The summed E-state index contributed by atoms with van der Waals surface area (Å²) in [6.07, 6.45) is 3.85. The summed E-state index contributed by atoms with van der Waals surface area (Å²) >= 11 is 6.01. The number of rotatable bonds is 7. The average Bonchev–Trinajstić information content (AvgIpc) is 3.18. The van der Waals surface area contributed by atoms with Crippen molar-refractivity contribution in [1.29, 1.82) is 0 Å². The fraction of sp³-hybridized carbons (Fsp3) is 0.640. The fourth-order valence-corrected chi connectivity index (χ4v) is 5.61. The standard InChI is InChI=1S/C25H36ClN3O4/c1-17(29(16-30)22-10-9-21(14-22)27-18(2)31)13-23(32)28-12-11-25(33,24(3,4)15-28)19-5-7-20(26)8-6-19/h5-8,16-17,21-22,33H,9-15H2,1-4H3,(H,27,31)/t17-,21-,22-,25+/m1/s1. The summed E-state index contributed by atoms with van der Waals surface area (Å²) in [5.41, 5.74) is -0.809. The highest BCUT2D eigenvalue weighted by atomic mass is 35.5. The van der Waals surface area contributed by atoms with Crippen molar-refractivity contribution in [3.05, 3.63) is 34.9 Å². The number of hydrogen-bond donors (Lipinski definition) is 2. The zero-order valence-electron chi connectivity index (χ0n) is 20.0. The molecule has 1 saturated heterocycles. The van der Waals surface area contributed by atoms with Gasteiger partial charge in [-0.3, -0.25) is 14.4 Å². The highest BCUT2D eigenvalue weighted by molar-refractivity contribution is 6.30. The Balaban J connectivity index is 1.62. The minimum absolute atomic E-state index is 0.0167. The Morgan fingerprint density at radius 2 is 1.97 bits per heavy atom. The predicted octanol–water partition coefficient (Wildman–Crippen LogP) is 3.08. The smallest absolute Gasteiger partial charge is 0.224 e. The van der Waals surface area contributed by atoms with Crippen LogP contribution in [0.5, 0.6) is 0 Å². The first-order chi connectivity index (χ1) is 15.5. The van der Waals surface area contributed by atoms with E-state index in [4.69, 9.17) is 11.6 Å². The van der Waals surface area contributed by atoms with Gasteiger partial charge in [-0.05, 0) is 50.3 Å². The molecular formula is C25H36ClN3O4. The molecule has 1 aromatic carbocycles. The number of benzene rings is 1. The maximum absolute atomic E-state index is 13.2. The molecule has 4 atom stereocenters. The summed E-state index contributed by atoms with van der Waals surface area (Å²) in [6.45, 7) is 8.22. The van der Waals surface area contributed by atoms with Crippen LogP contribution in [0, 0.1) is 5.41 Å². The fourth-order valence-electron chi connectivity index (χ4n) is 5.48. The number of nitrogens with one attached hydrogen (secondary N) is 1. The Bertz CT molecular complexity index is 875. The first-order valence-electron chi connectivity index (χ1n) is 11.7. The number of likely N-dealkylation sites (tertiary alicyclic amines) is 1. The van der Waals surface area contributed by atoms with E-state index in [9.17, 15) is 19.5 Å². The van der Waals surface area contributed by atoms with Crippen LogP contribution in [0.25, 0.3) is 0 Å². The lowest BCUT2D eigenvalue weighted by Gasteiger charge is -2.51. The van der Waals surface area contributed by atoms with Crippen molar-refractivity contribution in [3.63, 3.8) is 0 Å². The zero-order valence-corrected chi connectivity index (χ0v) is 20.8. The van der Waals surface area contributed by atoms with Gasteiger partial charge in [0.2, 0.25) is 18.2 Å². The predicted molar refractivity (Wildman–Crippen MR) is 128 cm³/mol. The summed E-state index contributed by atoms with van der Waals surface area (Å²) in [5, 5.41) is 15.1. The third-order valence-corrected chi connectivity index (χ3v) is 7.71. The van der Waals surface area contributed by atoms with Gasteiger partial charge in [-0.25, -0.2) is 0 Å². The lowest BCUT2D eigenvalue weighted by Crippen LogP contribution is -2.57. The summed E-state index contributed by atoms with van der Waals surface area (Å²) < 4.78 is 0. The zero-order chi connectivity index (χ0) is 24.4. The van der Waals surface area contributed by atoms with Gasteiger partial charge in [-0.2, -0.15) is 0 Å². The first-order valence-corrected chi connectivity index (χ1v) is 12.1. The van der Waals surface area contributed by atoms with Crippen LogP contribution in [0.15, 0.2) is 24.3 Å². The highest BCUT2D eigenvalue weighted by Crippen LogP contribution is 2.46. The second-order valence-electron chi connectivity index (χ2n) is 10.3. The van der Waals surface area contributed by atoms with Crippen molar-refractivity contribution in [3.8, 4) is 0 Å². The van der Waals surface area contributed by atoms with Gasteiger partial charge in [0.25, 0.3) is 0 Å². The first kappa shape index (κ1) is 25.5. The van der Waals surface area contributed by atoms with Gasteiger partial charge in [-0.1, -0.05) is 37.6 Å². The minimum atomic E-state index is -1.06. The number of nitrogens with zero attached hydrogens (tertiary/aromatic N) is 2. The second-order valence-corrected chi connectivity index (χ2v) is 10.7. The molecule has 33 heavy (non-hydrogen) atoms. The van der Waals surface area contributed by atoms with Crippen molar-refractivity contribution < 1.29 is 19.5 Å². The molecule has 1 heterocycles. The van der Waals surface area contributed by atoms with Crippen LogP contribution in [-0.4, -0.2) is 64.3 Å². The molecule has 0 unspecified atom stereocenters. The molecule has 1 aromatic rings. The van der Waals surface area contributed by atoms with Gasteiger partial charge < -0.3 is 20.2 Å². The van der Waals surface area contributed by atoms with Crippen LogP contribution in [0.4, 0.5) is 0 Å². The molecule has 8 heteroatoms. The third-order valence-electron chi connectivity index (χ3n) is 7.46. The third kappa shape index (κ3) is 5.52. The van der Waals surface area contributed by atoms with E-state index in [0.717, 1.165) is 24.8 Å². The number of hydrogen-bond acceptors (Lipinski definition) is 4. The molecule has 0 radical (unpaired) electrons. The van der Waals surface area contributed by atoms with E-state index < -0.39 is 11.0 Å². The largest absolute Gasteiger partial charge is 0.384 e. The monoisotopic (exact) mass is 477 g/mol. The number of aliphatic hydroxyl groups is 1. The van der Waals surface area contributed by atoms with Crippen LogP contribution in [-0.2, 0) is 20.0 Å². The molecule has 0 aromatic heterocycles. The normalized spacial score (nSPS) is 27.6. The average molecular weight is 478 g/mol. The summed E-state index contributed by atoms with van der Waals surface area (Å²) in [4.78, 5) is 39.9. The Morgan fingerprint density at radius 1 is 1.30 bits per heavy atom. The summed E-state index contributed by atoms with van der Waals surface area (Å²) in [5.74, 6) is -0.0789. The van der Waals surface area contributed by atoms with Gasteiger partial charge >= 0.3 is 0 Å². The van der Waals surface area contributed by atoms with Crippen molar-refractivity contribution in [2.45, 2.75) is 83.5 Å². The number of piperidine rings is 1. The van der Waals surface area contributed by atoms with E-state index in [-0.39, 0.29) is 36.4 Å². The van der Waals surface area contributed by atoms with Gasteiger partial charge in [0.1, 0.15) is 0 Å². The van der Waals surface area contributed by atoms with Gasteiger partial charge in [0.15, 0.2) is 0 Å². The Hall–Kier alpha value is -2.12. The van der Waals surface area contributed by atoms with Crippen molar-refractivity contribution >= 4 is 29.8 Å². The molecule has 0 bridgehead atoms. The molecule has 0 spiro atoms. The molecule has 1 aliphatic heterocycles. The Morgan fingerprint density at radius 3 is 2.55 bits per heavy atom. The van der Waals surface area contributed by atoms with Gasteiger partial charge in [0.05, 0.1) is 5.60 Å². The highest BCUT2D eigenvalue weighted by Gasteiger charge is 2.49. The molecule has 1 saturated carbocycles. The number of halogens is 1. The maximum atomic E-state index is 13.2. The molecule has 1 aliphatic carbocycles. The molecule has 2 fully saturated rings. The quantitative estimate of drug-likeness (QED) is 0.590. The second kappa shape index (κ2) is 10.0. The molecule has 2 N–H and O–H groups in total. The SMILES string of the molecule is CC(=O)N[C@@H]1CC[C@@H](N(C=O)[C@H](C)CC(=O)N2CC[C@](O)(c3ccc(Cl)cc3)C(C)(C)C2)C1. The van der Waals surface area contributed by atoms with Crippen LogP contribution in [0.2, 0.25) is 5.02 Å². The maximum Gasteiger partial charge on any atom is 0.224 e. The van der Waals surface area contributed by atoms with Crippen molar-refractivity contribution in [1.82, 2.24) is 15.1 Å². The van der Waals surface area contributed by atoms with Crippen molar-refractivity contribution in [2.24, 2.45) is 5.41 Å². The number of carbonyl (C=O) groups is 3. The van der Waals surface area contributed by atoms with Crippen LogP contribution < -0.4 is 5.32 Å². The summed E-state index contributed by atoms with van der Waals surface area (Å²) in [7, 11) is 0. The van der Waals surface area contributed by atoms with Gasteiger partial charge in [-0.15, -0.1) is 0 Å². The lowest BCUT2D eigenvalue weighted by atomic mass is 9.66. The number of amides is 3. The summed E-state index contributed by atoms with van der Waals surface area (Å²) in [6, 6.07) is 7.11. The van der Waals surface area contributed by atoms with E-state index >= 15 is 0 Å². The van der Waals surface area contributed by atoms with E-state index in [1.807, 2.05) is 32.9 Å². The molecule has 182 valence electrons. The molecule has 7 nitrogen and oxygen atoms in total.